The molecule has 0 N–H and O–H groups in total. The lowest BCUT2D eigenvalue weighted by Gasteiger charge is -2.22. The number of rotatable bonds is 2. The van der Waals surface area contributed by atoms with E-state index in [0.717, 1.165) is 12.8 Å². The number of ether oxygens (including phenoxy) is 1. The molecule has 0 saturated heterocycles. The lowest BCUT2D eigenvalue weighted by atomic mass is 10.2. The number of esters is 1. The van der Waals surface area contributed by atoms with Crippen LogP contribution >= 0.6 is 34.8 Å². The summed E-state index contributed by atoms with van der Waals surface area (Å²) in [6.45, 7) is 0. The lowest BCUT2D eigenvalue weighted by molar-refractivity contribution is -0.157. The second kappa shape index (κ2) is 4.21. The first-order chi connectivity index (χ1) is 6.40. The summed E-state index contributed by atoms with van der Waals surface area (Å²) in [6, 6.07) is 0. The quantitative estimate of drug-likeness (QED) is 0.436. The molecule has 0 heterocycles. The van der Waals surface area contributed by atoms with Crippen LogP contribution in [0.2, 0.25) is 0 Å². The largest absolute Gasteiger partial charge is 0.430 e. The highest BCUT2D eigenvalue weighted by molar-refractivity contribution is 6.75. The van der Waals surface area contributed by atoms with Gasteiger partial charge in [-0.2, -0.15) is 0 Å². The van der Waals surface area contributed by atoms with Crippen molar-refractivity contribution in [2.75, 3.05) is 0 Å². The Hall–Kier alpha value is -0.0600. The van der Waals surface area contributed by atoms with E-state index in [1.807, 2.05) is 0 Å². The van der Waals surface area contributed by atoms with Crippen LogP contribution in [-0.2, 0) is 9.53 Å². The molecule has 1 fully saturated rings. The molecule has 0 bridgehead atoms. The number of hydrogen-bond acceptors (Lipinski definition) is 4. The zero-order chi connectivity index (χ0) is 10.8. The van der Waals surface area contributed by atoms with Gasteiger partial charge in [0, 0.05) is 12.8 Å². The molecule has 1 aliphatic carbocycles. The molecule has 0 radical (unpaired) electrons. The summed E-state index contributed by atoms with van der Waals surface area (Å²) in [5.74, 6) is -1.05. The highest BCUT2D eigenvalue weighted by Crippen LogP contribution is 2.37. The summed E-state index contributed by atoms with van der Waals surface area (Å²) in [6.07, 6.45) is 2.34. The minimum atomic E-state index is -2.15. The van der Waals surface area contributed by atoms with Crippen molar-refractivity contribution in [2.24, 2.45) is 5.18 Å². The minimum Gasteiger partial charge on any atom is -0.430 e. The molecular weight excluding hydrogens is 252 g/mol. The third kappa shape index (κ3) is 2.72. The van der Waals surface area contributed by atoms with E-state index in [1.54, 1.807) is 0 Å². The number of carbonyl (C=O) groups excluding carboxylic acids is 1. The molecule has 4 nitrogen and oxygen atoms in total. The minimum absolute atomic E-state index is 0.392. The van der Waals surface area contributed by atoms with E-state index < -0.39 is 15.5 Å². The van der Waals surface area contributed by atoms with Crippen LogP contribution < -0.4 is 0 Å². The Labute approximate surface area is 95.8 Å². The highest BCUT2D eigenvalue weighted by atomic mass is 35.6. The van der Waals surface area contributed by atoms with Crippen LogP contribution in [0.1, 0.15) is 25.7 Å². The van der Waals surface area contributed by atoms with Crippen molar-refractivity contribution in [3.05, 3.63) is 4.91 Å². The molecular formula is C7H8Cl3NO3. The van der Waals surface area contributed by atoms with Gasteiger partial charge in [0.05, 0.1) is 0 Å². The summed E-state index contributed by atoms with van der Waals surface area (Å²) in [5.41, 5.74) is -1.32. The van der Waals surface area contributed by atoms with Crippen molar-refractivity contribution in [1.29, 1.82) is 0 Å². The monoisotopic (exact) mass is 259 g/mol. The SMILES string of the molecule is O=NC1(OC(=O)C(Cl)(Cl)Cl)CCCC1. The highest BCUT2D eigenvalue weighted by Gasteiger charge is 2.44. The fraction of sp³-hybridized carbons (Fsp3) is 0.857. The van der Waals surface area contributed by atoms with Crippen LogP contribution in [0.15, 0.2) is 5.18 Å². The van der Waals surface area contributed by atoms with Crippen LogP contribution in [-0.4, -0.2) is 15.5 Å². The van der Waals surface area contributed by atoms with Gasteiger partial charge in [-0.25, -0.2) is 4.79 Å². The summed E-state index contributed by atoms with van der Waals surface area (Å²) < 4.78 is 2.65. The number of nitrogens with zero attached hydrogens (tertiary/aromatic N) is 1. The number of alkyl halides is 3. The Morgan fingerprint density at radius 2 is 1.79 bits per heavy atom. The third-order valence-corrected chi connectivity index (χ3v) is 2.53. The topological polar surface area (TPSA) is 55.7 Å². The Morgan fingerprint density at radius 1 is 1.29 bits per heavy atom. The van der Waals surface area contributed by atoms with Crippen molar-refractivity contribution >= 4 is 40.8 Å². The van der Waals surface area contributed by atoms with Gasteiger partial charge in [0.15, 0.2) is 0 Å². The van der Waals surface area contributed by atoms with Crippen molar-refractivity contribution < 1.29 is 9.53 Å². The van der Waals surface area contributed by atoms with Gasteiger partial charge in [0.1, 0.15) is 0 Å². The van der Waals surface area contributed by atoms with E-state index >= 15 is 0 Å². The van der Waals surface area contributed by atoms with Crippen LogP contribution in [0.3, 0.4) is 0 Å². The van der Waals surface area contributed by atoms with E-state index in [2.05, 4.69) is 5.18 Å². The molecule has 0 amide bonds. The summed E-state index contributed by atoms with van der Waals surface area (Å²) in [4.78, 5) is 21.7. The van der Waals surface area contributed by atoms with Crippen LogP contribution in [0.5, 0.6) is 0 Å². The Balaban J connectivity index is 2.66. The summed E-state index contributed by atoms with van der Waals surface area (Å²) in [5, 5.41) is 2.80. The zero-order valence-electron chi connectivity index (χ0n) is 7.13. The first-order valence-electron chi connectivity index (χ1n) is 4.04. The third-order valence-electron chi connectivity index (χ3n) is 2.07. The second-order valence-corrected chi connectivity index (χ2v) is 5.41. The predicted molar refractivity (Wildman–Crippen MR) is 53.4 cm³/mol. The van der Waals surface area contributed by atoms with Crippen molar-refractivity contribution in [3.63, 3.8) is 0 Å². The summed E-state index contributed by atoms with van der Waals surface area (Å²) in [7, 11) is 0. The molecule has 0 aliphatic heterocycles. The second-order valence-electron chi connectivity index (χ2n) is 3.13. The lowest BCUT2D eigenvalue weighted by Crippen LogP contribution is -2.34. The average molecular weight is 261 g/mol. The molecule has 0 aromatic heterocycles. The molecule has 0 atom stereocenters. The molecule has 1 aliphatic rings. The van der Waals surface area contributed by atoms with Crippen molar-refractivity contribution in [3.8, 4) is 0 Å². The Kier molecular flexibility index (Phi) is 3.61. The average Bonchev–Trinajstić information content (AvgIpc) is 2.52. The molecule has 14 heavy (non-hydrogen) atoms. The van der Waals surface area contributed by atoms with Gasteiger partial charge >= 0.3 is 5.97 Å². The first kappa shape index (κ1) is 12.0. The smallest absolute Gasteiger partial charge is 0.360 e. The van der Waals surface area contributed by atoms with E-state index in [-0.39, 0.29) is 0 Å². The van der Waals surface area contributed by atoms with Crippen LogP contribution in [0.4, 0.5) is 0 Å². The van der Waals surface area contributed by atoms with Gasteiger partial charge in [-0.15, -0.1) is 4.91 Å². The number of carbonyl (C=O) groups is 1. The number of hydrogen-bond donors (Lipinski definition) is 0. The van der Waals surface area contributed by atoms with E-state index in [9.17, 15) is 9.70 Å². The van der Waals surface area contributed by atoms with Crippen LogP contribution in [0, 0.1) is 4.91 Å². The molecule has 80 valence electrons. The van der Waals surface area contributed by atoms with Gasteiger partial charge in [0.2, 0.25) is 5.72 Å². The van der Waals surface area contributed by atoms with E-state index in [1.165, 1.54) is 0 Å². The number of nitroso groups, excluding NO2 is 1. The van der Waals surface area contributed by atoms with Gasteiger partial charge in [-0.3, -0.25) is 0 Å². The molecule has 7 heteroatoms. The van der Waals surface area contributed by atoms with Crippen molar-refractivity contribution in [2.45, 2.75) is 35.2 Å². The van der Waals surface area contributed by atoms with Crippen molar-refractivity contribution in [1.82, 2.24) is 0 Å². The predicted octanol–water partition coefficient (Wildman–Crippen LogP) is 2.94. The van der Waals surface area contributed by atoms with Gasteiger partial charge in [-0.05, 0) is 18.0 Å². The molecule has 0 aromatic carbocycles. The van der Waals surface area contributed by atoms with E-state index in [0.29, 0.717) is 12.8 Å². The molecule has 1 saturated carbocycles. The van der Waals surface area contributed by atoms with Crippen LogP contribution in [0.25, 0.3) is 0 Å². The normalized spacial score (nSPS) is 20.5. The first-order valence-corrected chi connectivity index (χ1v) is 5.18. The van der Waals surface area contributed by atoms with Gasteiger partial charge < -0.3 is 4.74 Å². The standard InChI is InChI=1S/C7H8Cl3NO3/c8-7(9,10)5(12)14-6(11-13)3-1-2-4-6/h1-4H2. The van der Waals surface area contributed by atoms with E-state index in [4.69, 9.17) is 39.5 Å². The Morgan fingerprint density at radius 3 is 2.14 bits per heavy atom. The maximum atomic E-state index is 11.2. The molecule has 0 spiro atoms. The molecule has 0 aromatic rings. The maximum absolute atomic E-state index is 11.2. The molecule has 0 unspecified atom stereocenters. The van der Waals surface area contributed by atoms with Gasteiger partial charge in [0.25, 0.3) is 3.79 Å². The Bertz CT molecular complexity index is 245. The van der Waals surface area contributed by atoms with Gasteiger partial charge in [-0.1, -0.05) is 34.8 Å². The summed E-state index contributed by atoms with van der Waals surface area (Å²) >= 11 is 15.9. The maximum Gasteiger partial charge on any atom is 0.360 e. The zero-order valence-corrected chi connectivity index (χ0v) is 9.40. The molecule has 1 rings (SSSR count). The fourth-order valence-electron chi connectivity index (χ4n) is 1.37. The fourth-order valence-corrected chi connectivity index (χ4v) is 1.49. The number of halogens is 3.